The largest absolute Gasteiger partial charge is 0.241 e. The summed E-state index contributed by atoms with van der Waals surface area (Å²) in [5, 5.41) is 0.594. The highest BCUT2D eigenvalue weighted by atomic mass is 35.5. The molecule has 0 aliphatic carbocycles. The second-order valence-electron chi connectivity index (χ2n) is 3.05. The van der Waals surface area contributed by atoms with Gasteiger partial charge in [0.05, 0.1) is 0 Å². The Labute approximate surface area is 78.0 Å². The lowest BCUT2D eigenvalue weighted by Crippen LogP contribution is -1.99. The Morgan fingerprint density at radius 3 is 2.58 bits per heavy atom. The van der Waals surface area contributed by atoms with Gasteiger partial charge in [-0.15, -0.1) is 0 Å². The van der Waals surface area contributed by atoms with Gasteiger partial charge in [0, 0.05) is 17.7 Å². The van der Waals surface area contributed by atoms with E-state index in [1.54, 1.807) is 0 Å². The lowest BCUT2D eigenvalue weighted by Gasteiger charge is -2.05. The first-order chi connectivity index (χ1) is 5.65. The number of rotatable bonds is 2. The highest BCUT2D eigenvalue weighted by molar-refractivity contribution is 6.30. The second kappa shape index (κ2) is 3.85. The third-order valence-corrected chi connectivity index (χ3v) is 2.05. The van der Waals surface area contributed by atoms with Crippen molar-refractivity contribution in [2.24, 2.45) is 0 Å². The van der Waals surface area contributed by atoms with Crippen LogP contribution in [0.3, 0.4) is 0 Å². The van der Waals surface area contributed by atoms with E-state index < -0.39 is 0 Å². The summed E-state index contributed by atoms with van der Waals surface area (Å²) in [7, 11) is 0. The molecule has 0 amide bonds. The molecular weight excluding hydrogens is 172 g/mol. The fourth-order valence-electron chi connectivity index (χ4n) is 0.914. The summed E-state index contributed by atoms with van der Waals surface area (Å²) in [6.45, 7) is 6.15. The van der Waals surface area contributed by atoms with E-state index in [4.69, 9.17) is 11.6 Å². The monoisotopic (exact) mass is 184 g/mol. The van der Waals surface area contributed by atoms with Gasteiger partial charge in [0.15, 0.2) is 0 Å². The number of aryl methyl sites for hydroxylation is 1. The summed E-state index contributed by atoms with van der Waals surface area (Å²) in [5.41, 5.74) is 1.01. The first-order valence-corrected chi connectivity index (χ1v) is 4.54. The summed E-state index contributed by atoms with van der Waals surface area (Å²) in [6.07, 6.45) is 2.70. The van der Waals surface area contributed by atoms with Crippen molar-refractivity contribution in [2.75, 3.05) is 0 Å². The van der Waals surface area contributed by atoms with Gasteiger partial charge in [0.1, 0.15) is 11.0 Å². The molecular formula is C9H13ClN2. The second-order valence-corrected chi connectivity index (χ2v) is 3.41. The minimum absolute atomic E-state index is 0.341. The molecule has 1 aromatic rings. The maximum absolute atomic E-state index is 5.92. The average molecular weight is 185 g/mol. The van der Waals surface area contributed by atoms with Crippen molar-refractivity contribution in [1.29, 1.82) is 0 Å². The van der Waals surface area contributed by atoms with Gasteiger partial charge in [0.25, 0.3) is 0 Å². The van der Waals surface area contributed by atoms with Crippen LogP contribution in [0.4, 0.5) is 0 Å². The first-order valence-electron chi connectivity index (χ1n) is 4.16. The van der Waals surface area contributed by atoms with Crippen LogP contribution in [0.5, 0.6) is 0 Å². The van der Waals surface area contributed by atoms with Crippen molar-refractivity contribution in [3.05, 3.63) is 22.7 Å². The van der Waals surface area contributed by atoms with Crippen molar-refractivity contribution in [2.45, 2.75) is 33.1 Å². The molecule has 0 saturated carbocycles. The molecule has 0 aliphatic heterocycles. The molecule has 12 heavy (non-hydrogen) atoms. The van der Waals surface area contributed by atoms with Gasteiger partial charge >= 0.3 is 0 Å². The van der Waals surface area contributed by atoms with Crippen LogP contribution in [0.1, 0.15) is 38.1 Å². The quantitative estimate of drug-likeness (QED) is 0.661. The van der Waals surface area contributed by atoms with E-state index in [-0.39, 0.29) is 0 Å². The van der Waals surface area contributed by atoms with Crippen molar-refractivity contribution < 1.29 is 0 Å². The van der Waals surface area contributed by atoms with E-state index in [1.807, 2.05) is 13.1 Å². The molecule has 0 bridgehead atoms. The Bertz CT molecular complexity index is 271. The molecule has 0 fully saturated rings. The number of hydrogen-bond donors (Lipinski definition) is 0. The van der Waals surface area contributed by atoms with Crippen LogP contribution in [-0.2, 0) is 6.42 Å². The molecule has 0 radical (unpaired) electrons. The number of aromatic nitrogens is 2. The number of nitrogens with zero attached hydrogens (tertiary/aromatic N) is 2. The summed E-state index contributed by atoms with van der Waals surface area (Å²) in [6, 6.07) is 0. The van der Waals surface area contributed by atoms with Gasteiger partial charge in [-0.2, -0.15) is 0 Å². The molecule has 0 aliphatic rings. The summed E-state index contributed by atoms with van der Waals surface area (Å²) < 4.78 is 0. The lowest BCUT2D eigenvalue weighted by atomic mass is 10.2. The zero-order valence-corrected chi connectivity index (χ0v) is 8.39. The summed E-state index contributed by atoms with van der Waals surface area (Å²) in [4.78, 5) is 8.41. The van der Waals surface area contributed by atoms with Gasteiger partial charge in [-0.25, -0.2) is 9.97 Å². The molecule has 1 heterocycles. The van der Waals surface area contributed by atoms with Crippen LogP contribution in [0.15, 0.2) is 6.20 Å². The average Bonchev–Trinajstić information content (AvgIpc) is 2.04. The molecule has 0 unspecified atom stereocenters. The highest BCUT2D eigenvalue weighted by Gasteiger charge is 2.05. The predicted octanol–water partition coefficient (Wildman–Crippen LogP) is 2.82. The van der Waals surface area contributed by atoms with E-state index >= 15 is 0 Å². The molecule has 0 atom stereocenters. The van der Waals surface area contributed by atoms with Crippen molar-refractivity contribution in [3.63, 3.8) is 0 Å². The number of hydrogen-bond acceptors (Lipinski definition) is 2. The van der Waals surface area contributed by atoms with Gasteiger partial charge in [-0.1, -0.05) is 32.4 Å². The fourth-order valence-corrected chi connectivity index (χ4v) is 1.18. The van der Waals surface area contributed by atoms with Crippen LogP contribution in [-0.4, -0.2) is 9.97 Å². The Kier molecular flexibility index (Phi) is 3.04. The first kappa shape index (κ1) is 9.46. The van der Waals surface area contributed by atoms with E-state index in [0.29, 0.717) is 11.1 Å². The van der Waals surface area contributed by atoms with Crippen molar-refractivity contribution in [1.82, 2.24) is 9.97 Å². The molecule has 2 nitrogen and oxygen atoms in total. The predicted molar refractivity (Wildman–Crippen MR) is 50.5 cm³/mol. The Hall–Kier alpha value is -0.630. The van der Waals surface area contributed by atoms with E-state index in [9.17, 15) is 0 Å². The zero-order chi connectivity index (χ0) is 9.14. The maximum Gasteiger partial charge on any atom is 0.135 e. The maximum atomic E-state index is 5.92. The van der Waals surface area contributed by atoms with Gasteiger partial charge in [-0.3, -0.25) is 0 Å². The van der Waals surface area contributed by atoms with E-state index in [1.165, 1.54) is 0 Å². The summed E-state index contributed by atoms with van der Waals surface area (Å²) in [5.74, 6) is 1.16. The summed E-state index contributed by atoms with van der Waals surface area (Å²) >= 11 is 5.92. The van der Waals surface area contributed by atoms with E-state index in [2.05, 4.69) is 23.8 Å². The third-order valence-electron chi connectivity index (χ3n) is 1.73. The third kappa shape index (κ3) is 1.95. The molecule has 0 aromatic carbocycles. The molecule has 0 saturated heterocycles. The highest BCUT2D eigenvalue weighted by Crippen LogP contribution is 2.16. The Morgan fingerprint density at radius 1 is 1.50 bits per heavy atom. The SMILES string of the molecule is CCc1cnc(C(C)C)nc1Cl. The molecule has 3 heteroatoms. The Balaban J connectivity index is 3.02. The standard InChI is InChI=1S/C9H13ClN2/c1-4-7-5-11-9(6(2)3)12-8(7)10/h5-6H,4H2,1-3H3. The molecule has 66 valence electrons. The van der Waals surface area contributed by atoms with Crippen LogP contribution < -0.4 is 0 Å². The smallest absolute Gasteiger partial charge is 0.135 e. The normalized spacial score (nSPS) is 10.8. The lowest BCUT2D eigenvalue weighted by molar-refractivity contribution is 0.768. The van der Waals surface area contributed by atoms with Gasteiger partial charge < -0.3 is 0 Å². The Morgan fingerprint density at radius 2 is 2.17 bits per heavy atom. The van der Waals surface area contributed by atoms with Crippen LogP contribution >= 0.6 is 11.6 Å². The minimum atomic E-state index is 0.341. The topological polar surface area (TPSA) is 25.8 Å². The van der Waals surface area contributed by atoms with Crippen LogP contribution in [0, 0.1) is 0 Å². The van der Waals surface area contributed by atoms with Crippen molar-refractivity contribution in [3.8, 4) is 0 Å². The molecule has 1 aromatic heterocycles. The van der Waals surface area contributed by atoms with Crippen LogP contribution in [0.25, 0.3) is 0 Å². The van der Waals surface area contributed by atoms with Crippen LogP contribution in [0.2, 0.25) is 5.15 Å². The minimum Gasteiger partial charge on any atom is -0.241 e. The molecule has 0 spiro atoms. The molecule has 0 N–H and O–H groups in total. The van der Waals surface area contributed by atoms with Gasteiger partial charge in [0.2, 0.25) is 0 Å². The zero-order valence-electron chi connectivity index (χ0n) is 7.63. The fraction of sp³-hybridized carbons (Fsp3) is 0.556. The van der Waals surface area contributed by atoms with E-state index in [0.717, 1.165) is 17.8 Å². The molecule has 1 rings (SSSR count). The number of halogens is 1. The van der Waals surface area contributed by atoms with Crippen molar-refractivity contribution >= 4 is 11.6 Å². The van der Waals surface area contributed by atoms with Gasteiger partial charge in [-0.05, 0) is 6.42 Å².